The van der Waals surface area contributed by atoms with Crippen molar-refractivity contribution in [2.75, 3.05) is 0 Å². The van der Waals surface area contributed by atoms with Crippen LogP contribution in [-0.4, -0.2) is 18.9 Å². The molecule has 0 saturated carbocycles. The number of unbranched alkanes of at least 4 members (excludes halogenated alkanes) is 4. The van der Waals surface area contributed by atoms with Gasteiger partial charge in [0.2, 0.25) is 0 Å². The largest absolute Gasteiger partial charge is 0.303 e. The minimum absolute atomic E-state index is 0.0788. The maximum absolute atomic E-state index is 12.5. The van der Waals surface area contributed by atoms with Crippen molar-refractivity contribution < 1.29 is 14.4 Å². The second kappa shape index (κ2) is 18.3. The topological polar surface area (TPSA) is 51.2 Å². The second-order valence-corrected chi connectivity index (χ2v) is 13.7. The van der Waals surface area contributed by atoms with Crippen molar-refractivity contribution in [3.63, 3.8) is 0 Å². The van der Waals surface area contributed by atoms with Crippen LogP contribution in [0.15, 0.2) is 121 Å². The van der Waals surface area contributed by atoms with Gasteiger partial charge in [-0.25, -0.2) is 0 Å². The van der Waals surface area contributed by atoms with Crippen molar-refractivity contribution in [2.24, 2.45) is 5.92 Å². The first-order chi connectivity index (χ1) is 23.0. The van der Waals surface area contributed by atoms with Crippen LogP contribution in [0.25, 0.3) is 0 Å². The van der Waals surface area contributed by atoms with Gasteiger partial charge in [-0.3, -0.25) is 0 Å². The molecule has 4 aromatic rings. The smallest absolute Gasteiger partial charge is 0.128 e. The van der Waals surface area contributed by atoms with Gasteiger partial charge >= 0.3 is 0 Å². The van der Waals surface area contributed by atoms with Crippen LogP contribution in [0.2, 0.25) is 0 Å². The first kappa shape index (κ1) is 35.7. The van der Waals surface area contributed by atoms with E-state index in [1.165, 1.54) is 11.1 Å². The van der Waals surface area contributed by atoms with Gasteiger partial charge in [-0.05, 0) is 47.9 Å². The first-order valence-electron chi connectivity index (χ1n) is 17.5. The van der Waals surface area contributed by atoms with Crippen molar-refractivity contribution in [1.29, 1.82) is 0 Å². The highest BCUT2D eigenvalue weighted by Crippen LogP contribution is 2.43. The molecular formula is C44H52O3. The molecule has 4 atom stereocenters. The van der Waals surface area contributed by atoms with Gasteiger partial charge in [-0.1, -0.05) is 174 Å². The lowest BCUT2D eigenvalue weighted by Crippen LogP contribution is -2.31. The Morgan fingerprint density at radius 1 is 0.447 bits per heavy atom. The first-order valence-corrected chi connectivity index (χ1v) is 17.5. The molecule has 0 aliphatic rings. The van der Waals surface area contributed by atoms with Crippen LogP contribution >= 0.6 is 0 Å². The fourth-order valence-electron chi connectivity index (χ4n) is 7.54. The molecule has 0 aliphatic heterocycles. The standard InChI is InChI=1S/C44H52O3/c1-43(39-27-15-5-16-28-39,41(34-46)37-23-11-3-12-24-37)31-19-7-9-21-36(33-45)22-10-8-20-32-44(2,40-29-17-6-18-30-40)42(35-47)38-25-13-4-14-26-38/h3-6,11-18,23-30,33-36,41-42H,7-10,19-22,31-32H2,1-2H3. The summed E-state index contributed by atoms with van der Waals surface area (Å²) in [4.78, 5) is 37.0. The fourth-order valence-corrected chi connectivity index (χ4v) is 7.54. The van der Waals surface area contributed by atoms with Crippen molar-refractivity contribution in [3.05, 3.63) is 144 Å². The van der Waals surface area contributed by atoms with Crippen LogP contribution in [0.5, 0.6) is 0 Å². The quantitative estimate of drug-likeness (QED) is 0.0681. The predicted octanol–water partition coefficient (Wildman–Crippen LogP) is 10.6. The number of aldehydes is 3. The molecule has 0 spiro atoms. The summed E-state index contributed by atoms with van der Waals surface area (Å²) in [5, 5.41) is 0. The van der Waals surface area contributed by atoms with Gasteiger partial charge in [0, 0.05) is 28.6 Å². The molecule has 0 N–H and O–H groups in total. The van der Waals surface area contributed by atoms with Gasteiger partial charge in [0.05, 0.1) is 0 Å². The van der Waals surface area contributed by atoms with Gasteiger partial charge in [-0.2, -0.15) is 0 Å². The van der Waals surface area contributed by atoms with E-state index in [0.29, 0.717) is 0 Å². The highest BCUT2D eigenvalue weighted by atomic mass is 16.1. The number of rotatable bonds is 21. The number of hydrogen-bond acceptors (Lipinski definition) is 3. The normalized spacial score (nSPS) is 15.8. The van der Waals surface area contributed by atoms with Gasteiger partial charge in [0.1, 0.15) is 18.9 Å². The predicted molar refractivity (Wildman–Crippen MR) is 194 cm³/mol. The SMILES string of the molecule is CC(CCCCCC(C=O)CCCCCC(C)(c1ccccc1)C(C=O)c1ccccc1)(c1ccccc1)C(C=O)c1ccccc1. The van der Waals surface area contributed by atoms with Gasteiger partial charge in [-0.15, -0.1) is 0 Å². The van der Waals surface area contributed by atoms with Crippen molar-refractivity contribution in [3.8, 4) is 0 Å². The van der Waals surface area contributed by atoms with Gasteiger partial charge in [0.15, 0.2) is 0 Å². The molecule has 0 saturated heterocycles. The Hall–Kier alpha value is -4.11. The van der Waals surface area contributed by atoms with Crippen molar-refractivity contribution in [1.82, 2.24) is 0 Å². The fraction of sp³-hybridized carbons (Fsp3) is 0.386. The van der Waals surface area contributed by atoms with E-state index >= 15 is 0 Å². The molecule has 246 valence electrons. The summed E-state index contributed by atoms with van der Waals surface area (Å²) in [5.41, 5.74) is 3.90. The molecule has 0 aromatic heterocycles. The van der Waals surface area contributed by atoms with E-state index in [9.17, 15) is 14.4 Å². The summed E-state index contributed by atoms with van der Waals surface area (Å²) in [6, 6.07) is 41.1. The van der Waals surface area contributed by atoms with Crippen LogP contribution in [0.3, 0.4) is 0 Å². The molecule has 0 amide bonds. The van der Waals surface area contributed by atoms with Crippen LogP contribution in [0.4, 0.5) is 0 Å². The number of benzene rings is 4. The molecule has 0 bridgehead atoms. The molecule has 47 heavy (non-hydrogen) atoms. The maximum atomic E-state index is 12.5. The molecular weight excluding hydrogens is 576 g/mol. The molecule has 4 unspecified atom stereocenters. The number of carbonyl (C=O) groups excluding carboxylic acids is 3. The van der Waals surface area contributed by atoms with Gasteiger partial charge in [0.25, 0.3) is 0 Å². The van der Waals surface area contributed by atoms with E-state index in [0.717, 1.165) is 94.2 Å². The molecule has 4 rings (SSSR count). The van der Waals surface area contributed by atoms with Crippen molar-refractivity contribution >= 4 is 18.9 Å². The lowest BCUT2D eigenvalue weighted by atomic mass is 9.66. The van der Waals surface area contributed by atoms with E-state index < -0.39 is 0 Å². The summed E-state index contributed by atoms with van der Waals surface area (Å²) in [7, 11) is 0. The minimum Gasteiger partial charge on any atom is -0.303 e. The highest BCUT2D eigenvalue weighted by molar-refractivity contribution is 5.67. The third-order valence-electron chi connectivity index (χ3n) is 10.6. The zero-order chi connectivity index (χ0) is 33.4. The van der Waals surface area contributed by atoms with E-state index in [4.69, 9.17) is 0 Å². The lowest BCUT2D eigenvalue weighted by molar-refractivity contribution is -0.112. The van der Waals surface area contributed by atoms with Crippen molar-refractivity contribution in [2.45, 2.75) is 101 Å². The molecule has 0 radical (unpaired) electrons. The Balaban J connectivity index is 1.27. The van der Waals surface area contributed by atoms with Crippen LogP contribution in [-0.2, 0) is 25.2 Å². The van der Waals surface area contributed by atoms with Crippen LogP contribution in [0.1, 0.15) is 112 Å². The van der Waals surface area contributed by atoms with Crippen LogP contribution in [0, 0.1) is 5.92 Å². The zero-order valence-corrected chi connectivity index (χ0v) is 28.3. The summed E-state index contributed by atoms with van der Waals surface area (Å²) in [6.45, 7) is 4.45. The minimum atomic E-state index is -0.300. The zero-order valence-electron chi connectivity index (χ0n) is 28.3. The molecule has 0 aliphatic carbocycles. The highest BCUT2D eigenvalue weighted by Gasteiger charge is 2.37. The lowest BCUT2D eigenvalue weighted by Gasteiger charge is -2.36. The molecule has 0 heterocycles. The summed E-state index contributed by atoms with van der Waals surface area (Å²) in [6.07, 6.45) is 13.1. The molecule has 0 fully saturated rings. The average Bonchev–Trinajstić information content (AvgIpc) is 3.12. The second-order valence-electron chi connectivity index (χ2n) is 13.7. The monoisotopic (exact) mass is 628 g/mol. The Kier molecular flexibility index (Phi) is 13.9. The Bertz CT molecular complexity index is 1360. The number of hydrogen-bond donors (Lipinski definition) is 0. The third kappa shape index (κ3) is 9.47. The number of carbonyl (C=O) groups is 3. The summed E-state index contributed by atoms with van der Waals surface area (Å²) >= 11 is 0. The van der Waals surface area contributed by atoms with Crippen LogP contribution < -0.4 is 0 Å². The third-order valence-corrected chi connectivity index (χ3v) is 10.6. The van der Waals surface area contributed by atoms with Gasteiger partial charge < -0.3 is 14.4 Å². The van der Waals surface area contributed by atoms with E-state index in [1.807, 2.05) is 48.5 Å². The average molecular weight is 629 g/mol. The maximum Gasteiger partial charge on any atom is 0.128 e. The van der Waals surface area contributed by atoms with E-state index in [2.05, 4.69) is 86.6 Å². The Labute approximate surface area is 282 Å². The molecule has 3 nitrogen and oxygen atoms in total. The summed E-state index contributed by atoms with van der Waals surface area (Å²) < 4.78 is 0. The molecule has 4 aromatic carbocycles. The summed E-state index contributed by atoms with van der Waals surface area (Å²) in [5.74, 6) is -0.353. The van der Waals surface area contributed by atoms with E-state index in [-0.39, 0.29) is 28.6 Å². The Morgan fingerprint density at radius 2 is 0.787 bits per heavy atom. The Morgan fingerprint density at radius 3 is 1.11 bits per heavy atom. The molecule has 3 heteroatoms. The van der Waals surface area contributed by atoms with E-state index in [1.54, 1.807) is 0 Å².